The Kier molecular flexibility index (Phi) is 4.47. The molecule has 1 amide bonds. The van der Waals surface area contributed by atoms with Gasteiger partial charge in [0.15, 0.2) is 0 Å². The molecule has 1 aromatic carbocycles. The van der Waals surface area contributed by atoms with Crippen LogP contribution in [0.25, 0.3) is 0 Å². The number of pyridine rings is 1. The largest absolute Gasteiger partial charge is 0.350 e. The van der Waals surface area contributed by atoms with Crippen LogP contribution in [0.4, 0.5) is 5.82 Å². The van der Waals surface area contributed by atoms with Crippen molar-refractivity contribution < 1.29 is 14.7 Å². The Balaban J connectivity index is 1.65. The van der Waals surface area contributed by atoms with Crippen LogP contribution < -0.4 is 9.63 Å². The van der Waals surface area contributed by atoms with E-state index in [9.17, 15) is 10.0 Å². The minimum absolute atomic E-state index is 0.0704. The first-order chi connectivity index (χ1) is 10.6. The predicted molar refractivity (Wildman–Crippen MR) is 91.1 cm³/mol. The zero-order valence-electron chi connectivity index (χ0n) is 12.0. The Morgan fingerprint density at radius 1 is 1.05 bits per heavy atom. The van der Waals surface area contributed by atoms with Crippen LogP contribution in [0.15, 0.2) is 48.7 Å². The lowest BCUT2D eigenvalue weighted by atomic mass is 10.2. The number of aromatic nitrogens is 1. The van der Waals surface area contributed by atoms with Crippen LogP contribution in [0.2, 0.25) is 0 Å². The number of anilines is 1. The standard InChI is InChI=1S/C16H17IN3O2/c17-14-6-4-13(5-7-14)16(21)19-11-9-18(10-12-19)15-3-1-2-8-20(15)22/h1-8,22H,9-12H2/q+1. The Morgan fingerprint density at radius 3 is 2.36 bits per heavy atom. The molecule has 1 fully saturated rings. The number of hydrogen-bond acceptors (Lipinski definition) is 3. The summed E-state index contributed by atoms with van der Waals surface area (Å²) < 4.78 is 2.24. The molecule has 0 saturated carbocycles. The van der Waals surface area contributed by atoms with Crippen LogP contribution in [-0.2, 0) is 0 Å². The van der Waals surface area contributed by atoms with Crippen LogP contribution in [0.3, 0.4) is 0 Å². The van der Waals surface area contributed by atoms with E-state index < -0.39 is 0 Å². The summed E-state index contributed by atoms with van der Waals surface area (Å²) in [5.74, 6) is 0.824. The molecule has 1 N–H and O–H groups in total. The quantitative estimate of drug-likeness (QED) is 0.467. The Hall–Kier alpha value is -1.83. The van der Waals surface area contributed by atoms with Gasteiger partial charge in [0.2, 0.25) is 0 Å². The maximum atomic E-state index is 12.5. The van der Waals surface area contributed by atoms with E-state index >= 15 is 0 Å². The van der Waals surface area contributed by atoms with Crippen molar-refractivity contribution >= 4 is 34.3 Å². The maximum Gasteiger partial charge on any atom is 0.316 e. The topological polar surface area (TPSA) is 47.7 Å². The van der Waals surface area contributed by atoms with Crippen molar-refractivity contribution in [2.45, 2.75) is 0 Å². The Labute approximate surface area is 142 Å². The third-order valence-electron chi connectivity index (χ3n) is 3.80. The second-order valence-corrected chi connectivity index (χ2v) is 6.44. The minimum Gasteiger partial charge on any atom is -0.350 e. The molecule has 22 heavy (non-hydrogen) atoms. The van der Waals surface area contributed by atoms with E-state index in [-0.39, 0.29) is 5.91 Å². The average Bonchev–Trinajstić information content (AvgIpc) is 2.56. The smallest absolute Gasteiger partial charge is 0.316 e. The van der Waals surface area contributed by atoms with Crippen LogP contribution >= 0.6 is 22.6 Å². The van der Waals surface area contributed by atoms with Gasteiger partial charge in [0, 0.05) is 15.2 Å². The zero-order valence-corrected chi connectivity index (χ0v) is 14.2. The van der Waals surface area contributed by atoms with E-state index in [2.05, 4.69) is 27.5 Å². The molecular weight excluding hydrogens is 393 g/mol. The van der Waals surface area contributed by atoms with Gasteiger partial charge in [-0.05, 0) is 52.9 Å². The highest BCUT2D eigenvalue weighted by atomic mass is 127. The summed E-state index contributed by atoms with van der Waals surface area (Å²) >= 11 is 2.23. The summed E-state index contributed by atoms with van der Waals surface area (Å²) in [6, 6.07) is 13.2. The van der Waals surface area contributed by atoms with Gasteiger partial charge in [-0.25, -0.2) is 0 Å². The molecular formula is C16H17IN3O2+. The molecule has 0 bridgehead atoms. The summed E-state index contributed by atoms with van der Waals surface area (Å²) in [5, 5.41) is 9.84. The monoisotopic (exact) mass is 410 g/mol. The molecule has 0 atom stereocenters. The van der Waals surface area contributed by atoms with Crippen LogP contribution in [-0.4, -0.2) is 42.2 Å². The van der Waals surface area contributed by atoms with Gasteiger partial charge in [0.25, 0.3) is 5.91 Å². The molecule has 2 heterocycles. The fourth-order valence-corrected chi connectivity index (χ4v) is 2.95. The second kappa shape index (κ2) is 6.51. The van der Waals surface area contributed by atoms with Gasteiger partial charge in [0.1, 0.15) is 19.3 Å². The van der Waals surface area contributed by atoms with E-state index in [1.54, 1.807) is 12.3 Å². The number of amides is 1. The van der Waals surface area contributed by atoms with E-state index in [1.807, 2.05) is 41.3 Å². The first kappa shape index (κ1) is 15.1. The molecule has 1 saturated heterocycles. The second-order valence-electron chi connectivity index (χ2n) is 5.19. The van der Waals surface area contributed by atoms with Crippen molar-refractivity contribution in [3.05, 3.63) is 57.8 Å². The van der Waals surface area contributed by atoms with Gasteiger partial charge in [-0.1, -0.05) is 10.8 Å². The highest BCUT2D eigenvalue weighted by Crippen LogP contribution is 2.14. The van der Waals surface area contributed by atoms with E-state index in [1.165, 1.54) is 0 Å². The summed E-state index contributed by atoms with van der Waals surface area (Å²) in [5.41, 5.74) is 0.728. The van der Waals surface area contributed by atoms with E-state index in [4.69, 9.17) is 0 Å². The zero-order chi connectivity index (χ0) is 15.5. The normalized spacial score (nSPS) is 15.0. The predicted octanol–water partition coefficient (Wildman–Crippen LogP) is 1.78. The molecule has 0 unspecified atom stereocenters. The number of carbonyl (C=O) groups excluding carboxylic acids is 1. The van der Waals surface area contributed by atoms with Gasteiger partial charge in [-0.15, -0.1) is 0 Å². The molecule has 1 aliphatic rings. The van der Waals surface area contributed by atoms with Crippen molar-refractivity contribution in [2.75, 3.05) is 31.1 Å². The third kappa shape index (κ3) is 3.16. The van der Waals surface area contributed by atoms with Crippen LogP contribution in [0, 0.1) is 3.57 Å². The van der Waals surface area contributed by atoms with Crippen molar-refractivity contribution in [2.24, 2.45) is 0 Å². The fourth-order valence-electron chi connectivity index (χ4n) is 2.59. The number of rotatable bonds is 2. The van der Waals surface area contributed by atoms with Crippen molar-refractivity contribution in [1.82, 2.24) is 4.90 Å². The molecule has 6 heteroatoms. The Bertz CT molecular complexity index is 667. The first-order valence-electron chi connectivity index (χ1n) is 7.15. The Morgan fingerprint density at radius 2 is 1.73 bits per heavy atom. The SMILES string of the molecule is O=C(c1ccc(I)cc1)N1CCN(c2cccc[n+]2O)CC1. The fraction of sp³-hybridized carbons (Fsp3) is 0.250. The minimum atomic E-state index is 0.0704. The molecule has 0 radical (unpaired) electrons. The van der Waals surface area contributed by atoms with Gasteiger partial charge < -0.3 is 10.1 Å². The van der Waals surface area contributed by atoms with E-state index in [0.717, 1.165) is 19.7 Å². The van der Waals surface area contributed by atoms with E-state index in [0.29, 0.717) is 26.2 Å². The summed E-state index contributed by atoms with van der Waals surface area (Å²) in [6.45, 7) is 2.72. The number of nitrogens with zero attached hydrogens (tertiary/aromatic N) is 3. The molecule has 5 nitrogen and oxygen atoms in total. The van der Waals surface area contributed by atoms with Gasteiger partial charge in [-0.2, -0.15) is 0 Å². The third-order valence-corrected chi connectivity index (χ3v) is 4.52. The number of piperazine rings is 1. The molecule has 0 spiro atoms. The molecule has 0 aliphatic carbocycles. The molecule has 2 aromatic rings. The summed E-state index contributed by atoms with van der Waals surface area (Å²) in [4.78, 5) is 16.4. The number of carbonyl (C=O) groups is 1. The van der Waals surface area contributed by atoms with Gasteiger partial charge >= 0.3 is 5.82 Å². The van der Waals surface area contributed by atoms with Gasteiger partial charge in [-0.3, -0.25) is 9.69 Å². The van der Waals surface area contributed by atoms with Gasteiger partial charge in [0.05, 0.1) is 13.1 Å². The molecule has 1 aliphatic heterocycles. The lowest BCUT2D eigenvalue weighted by molar-refractivity contribution is -0.894. The summed E-state index contributed by atoms with van der Waals surface area (Å²) in [6.07, 6.45) is 1.61. The lowest BCUT2D eigenvalue weighted by Gasteiger charge is -2.31. The number of benzene rings is 1. The number of halogens is 1. The van der Waals surface area contributed by atoms with Crippen molar-refractivity contribution in [3.63, 3.8) is 0 Å². The first-order valence-corrected chi connectivity index (χ1v) is 8.23. The molecule has 3 rings (SSSR count). The number of hydrogen-bond donors (Lipinski definition) is 1. The molecule has 114 valence electrons. The van der Waals surface area contributed by atoms with Crippen molar-refractivity contribution in [1.29, 1.82) is 0 Å². The summed E-state index contributed by atoms with van der Waals surface area (Å²) in [7, 11) is 0. The van der Waals surface area contributed by atoms with Crippen LogP contribution in [0.1, 0.15) is 10.4 Å². The maximum absolute atomic E-state index is 12.5. The highest BCUT2D eigenvalue weighted by Gasteiger charge is 2.28. The van der Waals surface area contributed by atoms with Crippen molar-refractivity contribution in [3.8, 4) is 0 Å². The molecule has 1 aromatic heterocycles. The van der Waals surface area contributed by atoms with Crippen LogP contribution in [0.5, 0.6) is 0 Å². The average molecular weight is 410 g/mol. The lowest BCUT2D eigenvalue weighted by Crippen LogP contribution is -2.52. The highest BCUT2D eigenvalue weighted by molar-refractivity contribution is 14.1.